The summed E-state index contributed by atoms with van der Waals surface area (Å²) in [6.07, 6.45) is 0. The van der Waals surface area contributed by atoms with E-state index >= 15 is 0 Å². The summed E-state index contributed by atoms with van der Waals surface area (Å²) in [7, 11) is 0. The zero-order valence-electron chi connectivity index (χ0n) is 8.51. The average molecular weight is 230 g/mol. The third kappa shape index (κ3) is 1.49. The average Bonchev–Trinajstić information content (AvgIpc) is 2.35. The van der Waals surface area contributed by atoms with Gasteiger partial charge in [-0.2, -0.15) is 0 Å². The smallest absolute Gasteiger partial charge is 0.146 e. The maximum atomic E-state index is 9.25. The highest BCUT2D eigenvalue weighted by molar-refractivity contribution is 7.99. The van der Waals surface area contributed by atoms with E-state index in [0.29, 0.717) is 0 Å². The SMILES string of the molecule is OCc1cccc2c1Oc1ccccc1S2. The van der Waals surface area contributed by atoms with Gasteiger partial charge in [-0.15, -0.1) is 0 Å². The highest BCUT2D eigenvalue weighted by Crippen LogP contribution is 2.47. The van der Waals surface area contributed by atoms with Crippen molar-refractivity contribution in [1.29, 1.82) is 0 Å². The van der Waals surface area contributed by atoms with Gasteiger partial charge >= 0.3 is 0 Å². The van der Waals surface area contributed by atoms with Gasteiger partial charge in [-0.05, 0) is 18.2 Å². The number of hydrogen-bond donors (Lipinski definition) is 1. The molecule has 0 saturated carbocycles. The molecule has 2 aromatic rings. The van der Waals surface area contributed by atoms with Crippen LogP contribution in [0, 0.1) is 0 Å². The van der Waals surface area contributed by atoms with Gasteiger partial charge in [-0.1, -0.05) is 36.0 Å². The van der Waals surface area contributed by atoms with Crippen molar-refractivity contribution >= 4 is 11.8 Å². The van der Waals surface area contributed by atoms with Crippen molar-refractivity contribution in [3.8, 4) is 11.5 Å². The summed E-state index contributed by atoms with van der Waals surface area (Å²) in [4.78, 5) is 2.18. The topological polar surface area (TPSA) is 29.5 Å². The lowest BCUT2D eigenvalue weighted by atomic mass is 10.2. The highest BCUT2D eigenvalue weighted by Gasteiger charge is 2.19. The molecule has 1 aliphatic rings. The molecule has 80 valence electrons. The zero-order valence-corrected chi connectivity index (χ0v) is 9.33. The summed E-state index contributed by atoms with van der Waals surface area (Å²) in [6.45, 7) is 0.00585. The Hall–Kier alpha value is -1.45. The lowest BCUT2D eigenvalue weighted by Gasteiger charge is -2.21. The van der Waals surface area contributed by atoms with E-state index in [9.17, 15) is 5.11 Å². The van der Waals surface area contributed by atoms with Crippen molar-refractivity contribution in [2.75, 3.05) is 0 Å². The molecule has 0 aromatic heterocycles. The van der Waals surface area contributed by atoms with Crippen LogP contribution in [-0.2, 0) is 6.61 Å². The van der Waals surface area contributed by atoms with Crippen LogP contribution in [0.25, 0.3) is 0 Å². The summed E-state index contributed by atoms with van der Waals surface area (Å²) >= 11 is 1.68. The largest absolute Gasteiger partial charge is 0.455 e. The second kappa shape index (κ2) is 3.85. The van der Waals surface area contributed by atoms with Gasteiger partial charge in [0.25, 0.3) is 0 Å². The number of benzene rings is 2. The molecule has 1 N–H and O–H groups in total. The van der Waals surface area contributed by atoms with Crippen molar-refractivity contribution in [1.82, 2.24) is 0 Å². The molecule has 0 radical (unpaired) electrons. The molecule has 0 spiro atoms. The molecule has 0 unspecified atom stereocenters. The van der Waals surface area contributed by atoms with Gasteiger partial charge in [-0.25, -0.2) is 0 Å². The van der Waals surface area contributed by atoms with Crippen LogP contribution in [0.3, 0.4) is 0 Å². The number of fused-ring (bicyclic) bond motifs is 2. The lowest BCUT2D eigenvalue weighted by Crippen LogP contribution is -1.98. The fraction of sp³-hybridized carbons (Fsp3) is 0.0769. The molecule has 16 heavy (non-hydrogen) atoms. The third-order valence-corrected chi connectivity index (χ3v) is 3.61. The van der Waals surface area contributed by atoms with E-state index < -0.39 is 0 Å². The Morgan fingerprint density at radius 3 is 2.69 bits per heavy atom. The molecule has 3 heteroatoms. The fourth-order valence-electron chi connectivity index (χ4n) is 1.73. The first kappa shape index (κ1) is 9.75. The number of aliphatic hydroxyl groups excluding tert-OH is 1. The van der Waals surface area contributed by atoms with E-state index in [0.717, 1.165) is 26.9 Å². The summed E-state index contributed by atoms with van der Waals surface area (Å²) in [6, 6.07) is 13.8. The second-order valence-electron chi connectivity index (χ2n) is 3.55. The van der Waals surface area contributed by atoms with Crippen molar-refractivity contribution in [3.63, 3.8) is 0 Å². The molecular formula is C13H10O2S. The van der Waals surface area contributed by atoms with Gasteiger partial charge in [0.05, 0.1) is 16.4 Å². The van der Waals surface area contributed by atoms with Crippen molar-refractivity contribution in [2.24, 2.45) is 0 Å². The van der Waals surface area contributed by atoms with Crippen LogP contribution in [0.1, 0.15) is 5.56 Å². The molecule has 2 aromatic carbocycles. The molecule has 0 atom stereocenters. The molecule has 2 nitrogen and oxygen atoms in total. The van der Waals surface area contributed by atoms with Crippen LogP contribution in [0.4, 0.5) is 0 Å². The van der Waals surface area contributed by atoms with Gasteiger partial charge in [0.1, 0.15) is 11.5 Å². The monoisotopic (exact) mass is 230 g/mol. The molecule has 0 aliphatic carbocycles. The molecule has 0 saturated heterocycles. The van der Waals surface area contributed by atoms with Gasteiger partial charge in [-0.3, -0.25) is 0 Å². The Balaban J connectivity index is 2.12. The maximum absolute atomic E-state index is 9.25. The first-order valence-electron chi connectivity index (χ1n) is 5.06. The first-order valence-corrected chi connectivity index (χ1v) is 5.87. The standard InChI is InChI=1S/C13H10O2S/c14-8-9-4-3-7-12-13(9)15-10-5-1-2-6-11(10)16-12/h1-7,14H,8H2. The number of hydrogen-bond acceptors (Lipinski definition) is 3. The Kier molecular flexibility index (Phi) is 2.35. The number of aliphatic hydroxyl groups is 1. The van der Waals surface area contributed by atoms with Crippen LogP contribution >= 0.6 is 11.8 Å². The van der Waals surface area contributed by atoms with Crippen molar-refractivity contribution < 1.29 is 9.84 Å². The number of rotatable bonds is 1. The molecule has 0 amide bonds. The summed E-state index contributed by atoms with van der Waals surface area (Å²) in [5.74, 6) is 1.65. The van der Waals surface area contributed by atoms with Gasteiger partial charge in [0, 0.05) is 5.56 Å². The quantitative estimate of drug-likeness (QED) is 0.694. The van der Waals surface area contributed by atoms with Crippen molar-refractivity contribution in [2.45, 2.75) is 16.4 Å². The van der Waals surface area contributed by atoms with Gasteiger partial charge in [0.2, 0.25) is 0 Å². The Bertz CT molecular complexity index is 537. The van der Waals surface area contributed by atoms with Gasteiger partial charge < -0.3 is 9.84 Å². The summed E-state index contributed by atoms with van der Waals surface area (Å²) < 4.78 is 5.82. The Morgan fingerprint density at radius 2 is 1.81 bits per heavy atom. The Morgan fingerprint density at radius 1 is 1.00 bits per heavy atom. The van der Waals surface area contributed by atoms with E-state index in [2.05, 4.69) is 0 Å². The van der Waals surface area contributed by atoms with Crippen LogP contribution in [0.5, 0.6) is 11.5 Å². The van der Waals surface area contributed by atoms with Crippen LogP contribution < -0.4 is 4.74 Å². The van der Waals surface area contributed by atoms with E-state index in [1.807, 2.05) is 42.5 Å². The summed E-state index contributed by atoms with van der Waals surface area (Å²) in [5, 5.41) is 9.25. The van der Waals surface area contributed by atoms with E-state index in [-0.39, 0.29) is 6.61 Å². The van der Waals surface area contributed by atoms with Crippen LogP contribution in [0.2, 0.25) is 0 Å². The predicted octanol–water partition coefficient (Wildman–Crippen LogP) is 3.44. The molecular weight excluding hydrogens is 220 g/mol. The third-order valence-electron chi connectivity index (χ3n) is 2.51. The first-order chi connectivity index (χ1) is 7.88. The molecule has 0 bridgehead atoms. The maximum Gasteiger partial charge on any atom is 0.146 e. The number of para-hydroxylation sites is 2. The van der Waals surface area contributed by atoms with E-state index in [1.54, 1.807) is 11.8 Å². The zero-order chi connectivity index (χ0) is 11.0. The van der Waals surface area contributed by atoms with Crippen LogP contribution in [-0.4, -0.2) is 5.11 Å². The minimum absolute atomic E-state index is 0.00585. The minimum atomic E-state index is 0.00585. The van der Waals surface area contributed by atoms with Crippen LogP contribution in [0.15, 0.2) is 52.3 Å². The Labute approximate surface area is 97.9 Å². The van der Waals surface area contributed by atoms with E-state index in [4.69, 9.17) is 4.74 Å². The predicted molar refractivity (Wildman–Crippen MR) is 63.0 cm³/mol. The number of ether oxygens (including phenoxy) is 1. The second-order valence-corrected chi connectivity index (χ2v) is 4.64. The highest BCUT2D eigenvalue weighted by atomic mass is 32.2. The summed E-state index contributed by atoms with van der Waals surface area (Å²) in [5.41, 5.74) is 0.833. The van der Waals surface area contributed by atoms with Crippen molar-refractivity contribution in [3.05, 3.63) is 48.0 Å². The normalized spacial score (nSPS) is 12.6. The van der Waals surface area contributed by atoms with E-state index in [1.165, 1.54) is 0 Å². The minimum Gasteiger partial charge on any atom is -0.455 e. The molecule has 1 heterocycles. The molecule has 1 aliphatic heterocycles. The lowest BCUT2D eigenvalue weighted by molar-refractivity contribution is 0.275. The van der Waals surface area contributed by atoms with Gasteiger partial charge in [0.15, 0.2) is 0 Å². The molecule has 0 fully saturated rings. The molecule has 3 rings (SSSR count). The fourth-order valence-corrected chi connectivity index (χ4v) is 2.74.